The Bertz CT molecular complexity index is 493. The quantitative estimate of drug-likeness (QED) is 0.918. The van der Waals surface area contributed by atoms with E-state index in [-0.39, 0.29) is 6.04 Å². The van der Waals surface area contributed by atoms with E-state index in [0.29, 0.717) is 11.8 Å². The first-order valence-electron chi connectivity index (χ1n) is 6.23. The molecule has 96 valence electrons. The maximum atomic E-state index is 6.21. The molecule has 0 spiro atoms. The van der Waals surface area contributed by atoms with E-state index in [9.17, 15) is 0 Å². The van der Waals surface area contributed by atoms with Crippen LogP contribution in [0.2, 0.25) is 0 Å². The third-order valence-electron chi connectivity index (χ3n) is 3.27. The van der Waals surface area contributed by atoms with Gasteiger partial charge in [0.25, 0.3) is 0 Å². The summed E-state index contributed by atoms with van der Waals surface area (Å²) in [6.07, 6.45) is 0. The summed E-state index contributed by atoms with van der Waals surface area (Å²) < 4.78 is 0. The molecule has 0 aliphatic carbocycles. The highest BCUT2D eigenvalue weighted by Crippen LogP contribution is 2.29. The van der Waals surface area contributed by atoms with Crippen molar-refractivity contribution < 1.29 is 0 Å². The smallest absolute Gasteiger partial charge is 0.138 e. The van der Waals surface area contributed by atoms with Gasteiger partial charge in [0, 0.05) is 5.92 Å². The highest BCUT2D eigenvalue weighted by molar-refractivity contribution is 7.11. The molecular weight excluding hydrogens is 242 g/mol. The Kier molecular flexibility index (Phi) is 4.09. The highest BCUT2D eigenvalue weighted by atomic mass is 32.1. The second-order valence-electron chi connectivity index (χ2n) is 4.90. The van der Waals surface area contributed by atoms with Crippen LogP contribution in [0.25, 0.3) is 0 Å². The minimum absolute atomic E-state index is 0.170. The second kappa shape index (κ2) is 5.59. The minimum atomic E-state index is -0.170. The van der Waals surface area contributed by atoms with Crippen LogP contribution in [0.15, 0.2) is 30.3 Å². The maximum Gasteiger partial charge on any atom is 0.138 e. The molecule has 2 aromatic rings. The van der Waals surface area contributed by atoms with Gasteiger partial charge in [-0.1, -0.05) is 62.4 Å². The van der Waals surface area contributed by atoms with Crippen molar-refractivity contribution in [2.24, 2.45) is 11.7 Å². The summed E-state index contributed by atoms with van der Waals surface area (Å²) in [7, 11) is 0. The number of benzene rings is 1. The van der Waals surface area contributed by atoms with Gasteiger partial charge in [-0.3, -0.25) is 0 Å². The summed E-state index contributed by atoms with van der Waals surface area (Å²) >= 11 is 1.63. The molecule has 0 amide bonds. The minimum Gasteiger partial charge on any atom is -0.318 e. The lowest BCUT2D eigenvalue weighted by molar-refractivity contribution is 0.529. The zero-order valence-electron chi connectivity index (χ0n) is 11.0. The molecule has 0 bridgehead atoms. The fourth-order valence-corrected chi connectivity index (χ4v) is 2.74. The summed E-state index contributed by atoms with van der Waals surface area (Å²) in [5.74, 6) is 0.998. The van der Waals surface area contributed by atoms with Crippen LogP contribution in [0, 0.1) is 5.92 Å². The Morgan fingerprint density at radius 2 is 1.61 bits per heavy atom. The molecule has 0 aliphatic heterocycles. The molecule has 2 rings (SSSR count). The molecule has 0 saturated carbocycles. The van der Waals surface area contributed by atoms with Crippen molar-refractivity contribution in [1.82, 2.24) is 10.2 Å². The van der Waals surface area contributed by atoms with Crippen molar-refractivity contribution in [2.75, 3.05) is 0 Å². The van der Waals surface area contributed by atoms with Crippen LogP contribution in [-0.4, -0.2) is 10.2 Å². The van der Waals surface area contributed by atoms with Crippen LogP contribution in [0.3, 0.4) is 0 Å². The fraction of sp³-hybridized carbons (Fsp3) is 0.429. The van der Waals surface area contributed by atoms with Gasteiger partial charge >= 0.3 is 0 Å². The van der Waals surface area contributed by atoms with Gasteiger partial charge in [-0.05, 0) is 11.5 Å². The van der Waals surface area contributed by atoms with E-state index in [1.165, 1.54) is 0 Å². The number of hydrogen-bond acceptors (Lipinski definition) is 4. The normalized spacial score (nSPS) is 14.7. The van der Waals surface area contributed by atoms with E-state index in [0.717, 1.165) is 15.6 Å². The lowest BCUT2D eigenvalue weighted by Gasteiger charge is -2.11. The summed E-state index contributed by atoms with van der Waals surface area (Å²) in [5, 5.41) is 10.5. The van der Waals surface area contributed by atoms with Gasteiger partial charge in [0.15, 0.2) is 0 Å². The van der Waals surface area contributed by atoms with Gasteiger partial charge in [-0.2, -0.15) is 0 Å². The SMILES string of the molecule is CC(C)C(C)c1nnc(C(N)c2ccccc2)s1. The molecule has 1 aromatic heterocycles. The molecular formula is C14H19N3S. The molecule has 0 radical (unpaired) electrons. The maximum absolute atomic E-state index is 6.21. The van der Waals surface area contributed by atoms with Crippen LogP contribution in [-0.2, 0) is 0 Å². The predicted octanol–water partition coefficient (Wildman–Crippen LogP) is 3.35. The van der Waals surface area contributed by atoms with Gasteiger partial charge in [0.1, 0.15) is 10.0 Å². The monoisotopic (exact) mass is 261 g/mol. The molecule has 0 saturated heterocycles. The first-order chi connectivity index (χ1) is 8.59. The van der Waals surface area contributed by atoms with Gasteiger partial charge in [-0.25, -0.2) is 0 Å². The van der Waals surface area contributed by atoms with E-state index in [1.54, 1.807) is 11.3 Å². The molecule has 18 heavy (non-hydrogen) atoms. The van der Waals surface area contributed by atoms with Gasteiger partial charge in [0.05, 0.1) is 6.04 Å². The third-order valence-corrected chi connectivity index (χ3v) is 4.48. The second-order valence-corrected chi connectivity index (χ2v) is 5.94. The third kappa shape index (κ3) is 2.76. The summed E-state index contributed by atoms with van der Waals surface area (Å²) in [4.78, 5) is 0. The van der Waals surface area contributed by atoms with Crippen LogP contribution in [0.5, 0.6) is 0 Å². The van der Waals surface area contributed by atoms with E-state index in [2.05, 4.69) is 31.0 Å². The molecule has 1 heterocycles. The van der Waals surface area contributed by atoms with Crippen molar-refractivity contribution in [3.8, 4) is 0 Å². The van der Waals surface area contributed by atoms with Crippen molar-refractivity contribution >= 4 is 11.3 Å². The number of rotatable bonds is 4. The Morgan fingerprint density at radius 1 is 1.00 bits per heavy atom. The van der Waals surface area contributed by atoms with Crippen LogP contribution in [0.1, 0.15) is 48.3 Å². The Hall–Kier alpha value is -1.26. The fourth-order valence-electron chi connectivity index (χ4n) is 1.64. The van der Waals surface area contributed by atoms with Crippen molar-refractivity contribution in [1.29, 1.82) is 0 Å². The molecule has 1 aromatic carbocycles. The van der Waals surface area contributed by atoms with E-state index in [1.807, 2.05) is 30.3 Å². The van der Waals surface area contributed by atoms with Gasteiger partial charge in [-0.15, -0.1) is 10.2 Å². The van der Waals surface area contributed by atoms with Crippen LogP contribution >= 0.6 is 11.3 Å². The van der Waals surface area contributed by atoms with Crippen molar-refractivity contribution in [3.05, 3.63) is 45.9 Å². The molecule has 2 N–H and O–H groups in total. The Labute approximate surface area is 112 Å². The van der Waals surface area contributed by atoms with Crippen LogP contribution in [0.4, 0.5) is 0 Å². The molecule has 2 atom stereocenters. The molecule has 0 fully saturated rings. The van der Waals surface area contributed by atoms with E-state index < -0.39 is 0 Å². The predicted molar refractivity (Wildman–Crippen MR) is 75.6 cm³/mol. The average molecular weight is 261 g/mol. The summed E-state index contributed by atoms with van der Waals surface area (Å²) in [6, 6.07) is 9.86. The van der Waals surface area contributed by atoms with E-state index >= 15 is 0 Å². The topological polar surface area (TPSA) is 51.8 Å². The highest BCUT2D eigenvalue weighted by Gasteiger charge is 2.19. The summed E-state index contributed by atoms with van der Waals surface area (Å²) in [5.41, 5.74) is 7.29. The first kappa shape index (κ1) is 13.2. The number of aromatic nitrogens is 2. The zero-order chi connectivity index (χ0) is 13.1. The van der Waals surface area contributed by atoms with Gasteiger partial charge in [0.2, 0.25) is 0 Å². The Morgan fingerprint density at radius 3 is 2.22 bits per heavy atom. The largest absolute Gasteiger partial charge is 0.318 e. The first-order valence-corrected chi connectivity index (χ1v) is 7.05. The average Bonchev–Trinajstić information content (AvgIpc) is 2.87. The standard InChI is InChI=1S/C14H19N3S/c1-9(2)10(3)13-16-17-14(18-13)12(15)11-7-5-4-6-8-11/h4-10,12H,15H2,1-3H3. The molecule has 2 unspecified atom stereocenters. The lowest BCUT2D eigenvalue weighted by Crippen LogP contribution is -2.11. The number of hydrogen-bond donors (Lipinski definition) is 1. The number of nitrogens with two attached hydrogens (primary N) is 1. The molecule has 3 nitrogen and oxygen atoms in total. The van der Waals surface area contributed by atoms with E-state index in [4.69, 9.17) is 5.73 Å². The summed E-state index contributed by atoms with van der Waals surface area (Å²) in [6.45, 7) is 6.58. The van der Waals surface area contributed by atoms with Crippen molar-refractivity contribution in [2.45, 2.75) is 32.7 Å². The number of nitrogens with zero attached hydrogens (tertiary/aromatic N) is 2. The molecule has 0 aliphatic rings. The molecule has 4 heteroatoms. The van der Waals surface area contributed by atoms with Crippen LogP contribution < -0.4 is 5.73 Å². The zero-order valence-corrected chi connectivity index (χ0v) is 11.8. The van der Waals surface area contributed by atoms with Crippen molar-refractivity contribution in [3.63, 3.8) is 0 Å². The Balaban J connectivity index is 2.20. The lowest BCUT2D eigenvalue weighted by atomic mass is 9.99. The van der Waals surface area contributed by atoms with Gasteiger partial charge < -0.3 is 5.73 Å².